The van der Waals surface area contributed by atoms with Crippen LogP contribution in [0.1, 0.15) is 69.3 Å². The molecule has 2 aliphatic carbocycles. The molecule has 2 aromatic rings. The molecule has 172 valence electrons. The Kier molecular flexibility index (Phi) is 5.82. The number of aromatic nitrogens is 2. The van der Waals surface area contributed by atoms with Gasteiger partial charge in [-0.25, -0.2) is 9.78 Å². The lowest BCUT2D eigenvalue weighted by Gasteiger charge is -2.58. The molecule has 1 N–H and O–H groups in total. The lowest BCUT2D eigenvalue weighted by Crippen LogP contribution is -2.52. The lowest BCUT2D eigenvalue weighted by molar-refractivity contribution is -0.0895. The SMILES string of the molecule is C[C@@H]1C[C@@H]2C[C@H](CCN3[C@H](CCn4c(=O)c(C(=O)O)nc5ccccc54)CCC[C@@H]3C)C21. The maximum Gasteiger partial charge on any atom is 0.360 e. The smallest absolute Gasteiger partial charge is 0.360 e. The number of aryl methyl sites for hydroxylation is 1. The van der Waals surface area contributed by atoms with Crippen LogP contribution in [0.25, 0.3) is 11.0 Å². The molecule has 0 amide bonds. The van der Waals surface area contributed by atoms with Crippen LogP contribution in [0.15, 0.2) is 29.1 Å². The van der Waals surface area contributed by atoms with Gasteiger partial charge < -0.3 is 9.67 Å². The number of hydrogen-bond acceptors (Lipinski definition) is 4. The predicted octanol–water partition coefficient (Wildman–Crippen LogP) is 4.41. The fraction of sp³-hybridized carbons (Fsp3) is 0.654. The third-order valence-electron chi connectivity index (χ3n) is 8.72. The Morgan fingerprint density at radius 2 is 1.94 bits per heavy atom. The first-order chi connectivity index (χ1) is 15.4. The van der Waals surface area contributed by atoms with Crippen molar-refractivity contribution in [2.45, 2.75) is 77.4 Å². The maximum absolute atomic E-state index is 12.9. The second kappa shape index (κ2) is 8.62. The highest BCUT2D eigenvalue weighted by Crippen LogP contribution is 2.58. The molecule has 0 spiro atoms. The second-order valence-electron chi connectivity index (χ2n) is 10.5. The van der Waals surface area contributed by atoms with Crippen molar-refractivity contribution in [1.82, 2.24) is 14.5 Å². The van der Waals surface area contributed by atoms with Gasteiger partial charge in [0.1, 0.15) is 0 Å². The molecule has 1 aromatic heterocycles. The normalized spacial score (nSPS) is 32.2. The van der Waals surface area contributed by atoms with Crippen LogP contribution in [0, 0.1) is 23.7 Å². The summed E-state index contributed by atoms with van der Waals surface area (Å²) in [5, 5.41) is 9.47. The van der Waals surface area contributed by atoms with E-state index in [0.29, 0.717) is 24.1 Å². The molecule has 1 saturated heterocycles. The molecule has 6 heteroatoms. The standard InChI is InChI=1S/C26H35N3O3/c1-16-14-19-15-18(23(16)19)10-12-28-17(2)6-5-7-20(28)11-13-29-22-9-4-3-8-21(22)27-24(25(29)30)26(31)32/h3-4,8-9,16-20,23H,5-7,10-15H2,1-2H3,(H,31,32)/t16-,17+,18+,19-,20+,23?/m1/s1. The summed E-state index contributed by atoms with van der Waals surface area (Å²) >= 11 is 0. The number of benzene rings is 1. The van der Waals surface area contributed by atoms with Crippen LogP contribution < -0.4 is 5.56 Å². The van der Waals surface area contributed by atoms with E-state index in [1.807, 2.05) is 18.2 Å². The van der Waals surface area contributed by atoms with Crippen LogP contribution in [-0.4, -0.2) is 44.2 Å². The van der Waals surface area contributed by atoms with Crippen molar-refractivity contribution in [1.29, 1.82) is 0 Å². The average Bonchev–Trinajstić information content (AvgIpc) is 2.75. The Morgan fingerprint density at radius 1 is 1.12 bits per heavy atom. The Labute approximate surface area is 189 Å². The number of rotatable bonds is 7. The van der Waals surface area contributed by atoms with E-state index >= 15 is 0 Å². The topological polar surface area (TPSA) is 75.4 Å². The minimum absolute atomic E-state index is 0.383. The molecule has 2 saturated carbocycles. The Bertz CT molecular complexity index is 1060. The zero-order chi connectivity index (χ0) is 22.4. The number of fused-ring (bicyclic) bond motifs is 2. The highest BCUT2D eigenvalue weighted by atomic mass is 16.4. The number of carboxylic acid groups (broad SMARTS) is 1. The Balaban J connectivity index is 1.31. The van der Waals surface area contributed by atoms with Gasteiger partial charge in [0, 0.05) is 18.6 Å². The summed E-state index contributed by atoms with van der Waals surface area (Å²) in [7, 11) is 0. The molecule has 3 fully saturated rings. The maximum atomic E-state index is 12.9. The van der Waals surface area contributed by atoms with E-state index in [-0.39, 0.29) is 5.69 Å². The number of para-hydroxylation sites is 2. The largest absolute Gasteiger partial charge is 0.476 e. The number of hydrogen-bond donors (Lipinski definition) is 1. The molecule has 2 heterocycles. The number of nitrogens with zero attached hydrogens (tertiary/aromatic N) is 3. The van der Waals surface area contributed by atoms with E-state index in [0.717, 1.165) is 48.6 Å². The Morgan fingerprint density at radius 3 is 2.69 bits per heavy atom. The molecule has 0 bridgehead atoms. The minimum atomic E-state index is -1.26. The summed E-state index contributed by atoms with van der Waals surface area (Å²) in [6, 6.07) is 8.37. The fourth-order valence-corrected chi connectivity index (χ4v) is 7.02. The quantitative estimate of drug-likeness (QED) is 0.694. The number of likely N-dealkylation sites (tertiary alicyclic amines) is 1. The number of carbonyl (C=O) groups is 1. The number of carboxylic acids is 1. The molecule has 1 aliphatic heterocycles. The summed E-state index contributed by atoms with van der Waals surface area (Å²) in [5.74, 6) is 2.56. The van der Waals surface area contributed by atoms with Gasteiger partial charge in [-0.05, 0) is 87.8 Å². The monoisotopic (exact) mass is 437 g/mol. The van der Waals surface area contributed by atoms with E-state index in [1.165, 1.54) is 32.1 Å². The average molecular weight is 438 g/mol. The Hall–Kier alpha value is -2.21. The van der Waals surface area contributed by atoms with E-state index in [4.69, 9.17) is 0 Å². The van der Waals surface area contributed by atoms with Gasteiger partial charge in [-0.15, -0.1) is 0 Å². The van der Waals surface area contributed by atoms with Gasteiger partial charge in [0.25, 0.3) is 5.56 Å². The summed E-state index contributed by atoms with van der Waals surface area (Å²) in [6.45, 7) is 6.44. The lowest BCUT2D eigenvalue weighted by atomic mass is 9.48. The van der Waals surface area contributed by atoms with E-state index in [1.54, 1.807) is 10.6 Å². The summed E-state index contributed by atoms with van der Waals surface area (Å²) in [4.78, 5) is 31.3. The van der Waals surface area contributed by atoms with Crippen LogP contribution in [0.5, 0.6) is 0 Å². The van der Waals surface area contributed by atoms with Crippen molar-refractivity contribution >= 4 is 17.0 Å². The molecule has 32 heavy (non-hydrogen) atoms. The third kappa shape index (κ3) is 3.76. The van der Waals surface area contributed by atoms with Gasteiger partial charge in [-0.3, -0.25) is 9.69 Å². The molecular formula is C26H35N3O3. The van der Waals surface area contributed by atoms with E-state index < -0.39 is 11.5 Å². The van der Waals surface area contributed by atoms with Crippen LogP contribution in [0.4, 0.5) is 0 Å². The summed E-state index contributed by atoms with van der Waals surface area (Å²) < 4.78 is 1.63. The van der Waals surface area contributed by atoms with Crippen molar-refractivity contribution in [2.75, 3.05) is 6.54 Å². The molecule has 6 atom stereocenters. The van der Waals surface area contributed by atoms with Gasteiger partial charge in [-0.1, -0.05) is 25.5 Å². The van der Waals surface area contributed by atoms with E-state index in [9.17, 15) is 14.7 Å². The fourth-order valence-electron chi connectivity index (χ4n) is 7.02. The zero-order valence-corrected chi connectivity index (χ0v) is 19.2. The van der Waals surface area contributed by atoms with Crippen LogP contribution >= 0.6 is 0 Å². The zero-order valence-electron chi connectivity index (χ0n) is 19.2. The van der Waals surface area contributed by atoms with Crippen molar-refractivity contribution < 1.29 is 9.90 Å². The van der Waals surface area contributed by atoms with Crippen LogP contribution in [0.3, 0.4) is 0 Å². The second-order valence-corrected chi connectivity index (χ2v) is 10.5. The first-order valence-electron chi connectivity index (χ1n) is 12.4. The van der Waals surface area contributed by atoms with Gasteiger partial charge in [0.15, 0.2) is 0 Å². The summed E-state index contributed by atoms with van der Waals surface area (Å²) in [5.41, 5.74) is 0.405. The first-order valence-corrected chi connectivity index (χ1v) is 12.4. The highest BCUT2D eigenvalue weighted by molar-refractivity contribution is 5.88. The van der Waals surface area contributed by atoms with E-state index in [2.05, 4.69) is 23.7 Å². The molecule has 1 aromatic carbocycles. The molecular weight excluding hydrogens is 402 g/mol. The van der Waals surface area contributed by atoms with Gasteiger partial charge in [0.2, 0.25) is 5.69 Å². The van der Waals surface area contributed by atoms with Gasteiger partial charge in [0.05, 0.1) is 11.0 Å². The molecule has 5 rings (SSSR count). The van der Waals surface area contributed by atoms with Crippen LogP contribution in [-0.2, 0) is 6.54 Å². The predicted molar refractivity (Wildman–Crippen MR) is 125 cm³/mol. The minimum Gasteiger partial charge on any atom is -0.476 e. The van der Waals surface area contributed by atoms with Crippen molar-refractivity contribution in [2.24, 2.45) is 23.7 Å². The van der Waals surface area contributed by atoms with Crippen molar-refractivity contribution in [3.05, 3.63) is 40.3 Å². The van der Waals surface area contributed by atoms with Crippen molar-refractivity contribution in [3.8, 4) is 0 Å². The molecule has 0 radical (unpaired) electrons. The molecule has 6 nitrogen and oxygen atoms in total. The van der Waals surface area contributed by atoms with Gasteiger partial charge >= 0.3 is 5.97 Å². The molecule has 1 unspecified atom stereocenters. The van der Waals surface area contributed by atoms with Gasteiger partial charge in [-0.2, -0.15) is 0 Å². The number of aromatic carboxylic acids is 1. The number of piperidine rings is 1. The third-order valence-corrected chi connectivity index (χ3v) is 8.72. The van der Waals surface area contributed by atoms with Crippen molar-refractivity contribution in [3.63, 3.8) is 0 Å². The molecule has 3 aliphatic rings. The highest BCUT2D eigenvalue weighted by Gasteiger charge is 2.51. The first kappa shape index (κ1) is 21.6. The summed E-state index contributed by atoms with van der Waals surface area (Å²) in [6.07, 6.45) is 8.65. The van der Waals surface area contributed by atoms with Crippen LogP contribution in [0.2, 0.25) is 0 Å².